The summed E-state index contributed by atoms with van der Waals surface area (Å²) in [7, 11) is 0. The van der Waals surface area contributed by atoms with E-state index in [2.05, 4.69) is 28.2 Å². The van der Waals surface area contributed by atoms with E-state index in [1.165, 1.54) is 5.69 Å². The third kappa shape index (κ3) is 1.89. The summed E-state index contributed by atoms with van der Waals surface area (Å²) in [5, 5.41) is 3.36. The molecule has 1 N–H and O–H groups in total. The number of nitrogens with one attached hydrogen (secondary N) is 1. The van der Waals surface area contributed by atoms with Gasteiger partial charge >= 0.3 is 0 Å². The molecule has 0 radical (unpaired) electrons. The molecule has 1 aliphatic heterocycles. The number of benzene rings is 1. The van der Waals surface area contributed by atoms with E-state index in [1.807, 2.05) is 12.1 Å². The number of para-hydroxylation sites is 1. The summed E-state index contributed by atoms with van der Waals surface area (Å²) in [6.45, 7) is 6.21. The summed E-state index contributed by atoms with van der Waals surface area (Å²) in [5.74, 6) is 0.822. The Morgan fingerprint density at radius 2 is 2.18 bits per heavy atom. The topological polar surface area (TPSA) is 41.3 Å². The van der Waals surface area contributed by atoms with Crippen molar-refractivity contribution >= 4 is 16.8 Å². The SMILES string of the molecule is CCc1nc2c(N3CCNCC3)cccc2o1. The zero-order chi connectivity index (χ0) is 11.7. The van der Waals surface area contributed by atoms with Crippen LogP contribution in [0, 0.1) is 0 Å². The molecule has 0 bridgehead atoms. The molecule has 4 heteroatoms. The van der Waals surface area contributed by atoms with Crippen LogP contribution in [0.1, 0.15) is 12.8 Å². The van der Waals surface area contributed by atoms with Gasteiger partial charge in [-0.15, -0.1) is 0 Å². The van der Waals surface area contributed by atoms with Crippen LogP contribution in [0.2, 0.25) is 0 Å². The molecule has 2 aromatic rings. The van der Waals surface area contributed by atoms with Gasteiger partial charge in [-0.2, -0.15) is 0 Å². The van der Waals surface area contributed by atoms with E-state index in [4.69, 9.17) is 4.42 Å². The molecule has 4 nitrogen and oxygen atoms in total. The van der Waals surface area contributed by atoms with Crippen LogP contribution in [-0.4, -0.2) is 31.2 Å². The number of nitrogens with zero attached hydrogens (tertiary/aromatic N) is 2. The molecule has 90 valence electrons. The Morgan fingerprint density at radius 3 is 2.94 bits per heavy atom. The van der Waals surface area contributed by atoms with Crippen molar-refractivity contribution < 1.29 is 4.42 Å². The Bertz CT molecular complexity index is 514. The fraction of sp³-hybridized carbons (Fsp3) is 0.462. The van der Waals surface area contributed by atoms with Crippen molar-refractivity contribution in [2.24, 2.45) is 0 Å². The van der Waals surface area contributed by atoms with Crippen LogP contribution in [0.3, 0.4) is 0 Å². The van der Waals surface area contributed by atoms with Gasteiger partial charge in [-0.25, -0.2) is 4.98 Å². The van der Waals surface area contributed by atoms with E-state index >= 15 is 0 Å². The summed E-state index contributed by atoms with van der Waals surface area (Å²) in [6, 6.07) is 6.17. The second kappa shape index (κ2) is 4.37. The minimum atomic E-state index is 0.822. The van der Waals surface area contributed by atoms with Gasteiger partial charge in [-0.05, 0) is 12.1 Å². The highest BCUT2D eigenvalue weighted by molar-refractivity contribution is 5.87. The van der Waals surface area contributed by atoms with Crippen molar-refractivity contribution in [3.63, 3.8) is 0 Å². The number of piperazine rings is 1. The smallest absolute Gasteiger partial charge is 0.195 e. The fourth-order valence-corrected chi connectivity index (χ4v) is 2.29. The first kappa shape index (κ1) is 10.6. The van der Waals surface area contributed by atoms with Gasteiger partial charge in [0.2, 0.25) is 0 Å². The zero-order valence-electron chi connectivity index (χ0n) is 10.1. The number of hydrogen-bond donors (Lipinski definition) is 1. The maximum absolute atomic E-state index is 5.70. The number of aryl methyl sites for hydroxylation is 1. The number of hydrogen-bond acceptors (Lipinski definition) is 4. The van der Waals surface area contributed by atoms with Crippen molar-refractivity contribution in [2.75, 3.05) is 31.1 Å². The van der Waals surface area contributed by atoms with Crippen LogP contribution >= 0.6 is 0 Å². The van der Waals surface area contributed by atoms with Gasteiger partial charge in [0, 0.05) is 32.6 Å². The van der Waals surface area contributed by atoms with E-state index in [0.29, 0.717) is 0 Å². The van der Waals surface area contributed by atoms with E-state index in [9.17, 15) is 0 Å². The molecule has 1 fully saturated rings. The Morgan fingerprint density at radius 1 is 1.35 bits per heavy atom. The number of rotatable bonds is 2. The lowest BCUT2D eigenvalue weighted by Gasteiger charge is -2.29. The van der Waals surface area contributed by atoms with E-state index in [-0.39, 0.29) is 0 Å². The predicted octanol–water partition coefficient (Wildman–Crippen LogP) is 1.80. The average molecular weight is 231 g/mol. The minimum Gasteiger partial charge on any atom is -0.441 e. The molecule has 1 saturated heterocycles. The Hall–Kier alpha value is -1.55. The normalized spacial score (nSPS) is 16.6. The van der Waals surface area contributed by atoms with Crippen LogP contribution in [0.15, 0.2) is 22.6 Å². The van der Waals surface area contributed by atoms with E-state index in [1.54, 1.807) is 0 Å². The summed E-state index contributed by atoms with van der Waals surface area (Å²) >= 11 is 0. The van der Waals surface area contributed by atoms with Gasteiger partial charge < -0.3 is 14.6 Å². The molecule has 17 heavy (non-hydrogen) atoms. The lowest BCUT2D eigenvalue weighted by molar-refractivity contribution is 0.538. The Balaban J connectivity index is 2.05. The van der Waals surface area contributed by atoms with Crippen molar-refractivity contribution in [1.29, 1.82) is 0 Å². The monoisotopic (exact) mass is 231 g/mol. The molecule has 0 atom stereocenters. The quantitative estimate of drug-likeness (QED) is 0.855. The van der Waals surface area contributed by atoms with Crippen molar-refractivity contribution in [3.8, 4) is 0 Å². The molecule has 0 spiro atoms. The summed E-state index contributed by atoms with van der Waals surface area (Å²) in [5.41, 5.74) is 3.11. The molecular weight excluding hydrogens is 214 g/mol. The minimum absolute atomic E-state index is 0.822. The first-order chi connectivity index (χ1) is 8.38. The van der Waals surface area contributed by atoms with Crippen LogP contribution in [0.25, 0.3) is 11.1 Å². The average Bonchev–Trinajstić information content (AvgIpc) is 2.82. The van der Waals surface area contributed by atoms with Crippen LogP contribution < -0.4 is 10.2 Å². The maximum Gasteiger partial charge on any atom is 0.195 e. The van der Waals surface area contributed by atoms with Crippen molar-refractivity contribution in [1.82, 2.24) is 10.3 Å². The fourth-order valence-electron chi connectivity index (χ4n) is 2.29. The largest absolute Gasteiger partial charge is 0.441 e. The molecule has 2 heterocycles. The first-order valence-corrected chi connectivity index (χ1v) is 6.22. The molecular formula is C13H17N3O. The lowest BCUT2D eigenvalue weighted by atomic mass is 10.2. The zero-order valence-corrected chi connectivity index (χ0v) is 10.1. The second-order valence-electron chi connectivity index (χ2n) is 4.32. The van der Waals surface area contributed by atoms with Gasteiger partial charge in [0.25, 0.3) is 0 Å². The molecule has 1 aromatic heterocycles. The number of aromatic nitrogens is 1. The Labute approximate surface area is 101 Å². The van der Waals surface area contributed by atoms with Crippen molar-refractivity contribution in [3.05, 3.63) is 24.1 Å². The highest BCUT2D eigenvalue weighted by Crippen LogP contribution is 2.27. The molecule has 0 unspecified atom stereocenters. The first-order valence-electron chi connectivity index (χ1n) is 6.22. The summed E-state index contributed by atoms with van der Waals surface area (Å²) < 4.78 is 5.70. The maximum atomic E-state index is 5.70. The van der Waals surface area contributed by atoms with Gasteiger partial charge in [0.05, 0.1) is 5.69 Å². The van der Waals surface area contributed by atoms with Gasteiger partial charge in [-0.3, -0.25) is 0 Å². The molecule has 0 amide bonds. The van der Waals surface area contributed by atoms with Crippen molar-refractivity contribution in [2.45, 2.75) is 13.3 Å². The highest BCUT2D eigenvalue weighted by Gasteiger charge is 2.16. The highest BCUT2D eigenvalue weighted by atomic mass is 16.3. The van der Waals surface area contributed by atoms with E-state index < -0.39 is 0 Å². The van der Waals surface area contributed by atoms with Gasteiger partial charge in [0.15, 0.2) is 11.5 Å². The standard InChI is InChI=1S/C13H17N3O/c1-2-12-15-13-10(4-3-5-11(13)17-12)16-8-6-14-7-9-16/h3-5,14H,2,6-9H2,1H3. The molecule has 1 aliphatic rings. The summed E-state index contributed by atoms with van der Waals surface area (Å²) in [4.78, 5) is 6.95. The summed E-state index contributed by atoms with van der Waals surface area (Å²) in [6.07, 6.45) is 0.843. The van der Waals surface area contributed by atoms with Crippen LogP contribution in [0.4, 0.5) is 5.69 Å². The number of anilines is 1. The third-order valence-corrected chi connectivity index (χ3v) is 3.20. The predicted molar refractivity (Wildman–Crippen MR) is 68.5 cm³/mol. The molecule has 0 saturated carbocycles. The van der Waals surface area contributed by atoms with Crippen LogP contribution in [0.5, 0.6) is 0 Å². The number of oxazole rings is 1. The number of fused-ring (bicyclic) bond motifs is 1. The van der Waals surface area contributed by atoms with Gasteiger partial charge in [-0.1, -0.05) is 13.0 Å². The lowest BCUT2D eigenvalue weighted by Crippen LogP contribution is -2.43. The molecule has 0 aliphatic carbocycles. The molecule has 3 rings (SSSR count). The van der Waals surface area contributed by atoms with Gasteiger partial charge in [0.1, 0.15) is 5.52 Å². The molecule has 1 aromatic carbocycles. The van der Waals surface area contributed by atoms with Crippen LogP contribution in [-0.2, 0) is 6.42 Å². The van der Waals surface area contributed by atoms with E-state index in [0.717, 1.165) is 49.6 Å². The Kier molecular flexibility index (Phi) is 2.73. The third-order valence-electron chi connectivity index (χ3n) is 3.20. The second-order valence-corrected chi connectivity index (χ2v) is 4.32.